The second kappa shape index (κ2) is 4.68. The van der Waals surface area contributed by atoms with Crippen molar-refractivity contribution in [2.75, 3.05) is 5.32 Å². The number of rotatable bonds is 3. The maximum Gasteiger partial charge on any atom is 0.214 e. The summed E-state index contributed by atoms with van der Waals surface area (Å²) in [6, 6.07) is 0. The summed E-state index contributed by atoms with van der Waals surface area (Å²) in [5, 5.41) is 3.98. The number of hydrogen-bond donors (Lipinski definition) is 1. The van der Waals surface area contributed by atoms with E-state index in [0.29, 0.717) is 12.4 Å². The van der Waals surface area contributed by atoms with E-state index < -0.39 is 0 Å². The molecule has 0 aliphatic heterocycles. The van der Waals surface area contributed by atoms with E-state index in [9.17, 15) is 0 Å². The van der Waals surface area contributed by atoms with Gasteiger partial charge in [0.15, 0.2) is 0 Å². The Morgan fingerprint density at radius 2 is 1.94 bits per heavy atom. The van der Waals surface area contributed by atoms with E-state index in [1.807, 2.05) is 13.8 Å². The van der Waals surface area contributed by atoms with Gasteiger partial charge in [-0.25, -0.2) is 9.97 Å². The fraction of sp³-hybridized carbons (Fsp3) is 0.583. The third-order valence-corrected chi connectivity index (χ3v) is 3.23. The molecule has 5 nitrogen and oxygen atoms in total. The SMILES string of the molecule is Cc1nc(CNc2nc(C(C)(C)C)ns2)oc1C. The highest BCUT2D eigenvalue weighted by molar-refractivity contribution is 7.09. The highest BCUT2D eigenvalue weighted by Gasteiger charge is 2.19. The van der Waals surface area contributed by atoms with Crippen molar-refractivity contribution in [2.45, 2.75) is 46.6 Å². The van der Waals surface area contributed by atoms with Gasteiger partial charge in [-0.3, -0.25) is 0 Å². The quantitative estimate of drug-likeness (QED) is 0.925. The summed E-state index contributed by atoms with van der Waals surface area (Å²) in [6.45, 7) is 10.7. The van der Waals surface area contributed by atoms with Gasteiger partial charge in [-0.2, -0.15) is 4.37 Å². The van der Waals surface area contributed by atoms with Crippen molar-refractivity contribution in [3.63, 3.8) is 0 Å². The van der Waals surface area contributed by atoms with Crippen molar-refractivity contribution < 1.29 is 4.42 Å². The molecule has 0 unspecified atom stereocenters. The average Bonchev–Trinajstić information content (AvgIpc) is 2.83. The van der Waals surface area contributed by atoms with Gasteiger partial charge in [0.25, 0.3) is 0 Å². The maximum absolute atomic E-state index is 5.49. The number of aromatic nitrogens is 3. The van der Waals surface area contributed by atoms with Gasteiger partial charge in [0.2, 0.25) is 11.0 Å². The van der Waals surface area contributed by atoms with Crippen LogP contribution >= 0.6 is 11.5 Å². The Bertz CT molecular complexity index is 519. The number of aryl methyl sites for hydroxylation is 2. The molecule has 0 amide bonds. The molecule has 0 saturated heterocycles. The van der Waals surface area contributed by atoms with Crippen LogP contribution in [-0.4, -0.2) is 14.3 Å². The number of oxazole rings is 1. The highest BCUT2D eigenvalue weighted by Crippen LogP contribution is 2.23. The van der Waals surface area contributed by atoms with Crippen molar-refractivity contribution >= 4 is 16.7 Å². The zero-order chi connectivity index (χ0) is 13.3. The first-order valence-corrected chi connectivity index (χ1v) is 6.64. The summed E-state index contributed by atoms with van der Waals surface area (Å²) >= 11 is 1.36. The molecular weight excluding hydrogens is 248 g/mol. The van der Waals surface area contributed by atoms with E-state index in [2.05, 4.69) is 40.4 Å². The third kappa shape index (κ3) is 2.87. The predicted molar refractivity (Wildman–Crippen MR) is 71.9 cm³/mol. The van der Waals surface area contributed by atoms with Gasteiger partial charge in [0.1, 0.15) is 11.6 Å². The molecule has 18 heavy (non-hydrogen) atoms. The van der Waals surface area contributed by atoms with Crippen LogP contribution in [0.25, 0.3) is 0 Å². The highest BCUT2D eigenvalue weighted by atomic mass is 32.1. The number of hydrogen-bond acceptors (Lipinski definition) is 6. The topological polar surface area (TPSA) is 63.8 Å². The van der Waals surface area contributed by atoms with Crippen LogP contribution in [0.1, 0.15) is 43.9 Å². The summed E-state index contributed by atoms with van der Waals surface area (Å²) in [6.07, 6.45) is 0. The van der Waals surface area contributed by atoms with Crippen LogP contribution in [-0.2, 0) is 12.0 Å². The summed E-state index contributed by atoms with van der Waals surface area (Å²) < 4.78 is 9.83. The number of nitrogens with one attached hydrogen (secondary N) is 1. The van der Waals surface area contributed by atoms with Gasteiger partial charge >= 0.3 is 0 Å². The summed E-state index contributed by atoms with van der Waals surface area (Å²) in [5.41, 5.74) is 0.909. The van der Waals surface area contributed by atoms with Crippen molar-refractivity contribution in [1.29, 1.82) is 0 Å². The third-order valence-electron chi connectivity index (χ3n) is 2.56. The molecule has 6 heteroatoms. The molecule has 2 rings (SSSR count). The summed E-state index contributed by atoms with van der Waals surface area (Å²) in [5.74, 6) is 2.40. The van der Waals surface area contributed by atoms with Crippen LogP contribution in [0.5, 0.6) is 0 Å². The fourth-order valence-corrected chi connectivity index (χ4v) is 2.12. The molecule has 2 heterocycles. The Hall–Kier alpha value is -1.43. The van der Waals surface area contributed by atoms with Gasteiger partial charge in [0.05, 0.1) is 12.2 Å². The molecule has 1 N–H and O–H groups in total. The number of nitrogens with zero attached hydrogens (tertiary/aromatic N) is 3. The largest absolute Gasteiger partial charge is 0.444 e. The van der Waals surface area contributed by atoms with Gasteiger partial charge < -0.3 is 9.73 Å². The average molecular weight is 266 g/mol. The second-order valence-electron chi connectivity index (χ2n) is 5.28. The molecule has 0 aliphatic carbocycles. The second-order valence-corrected chi connectivity index (χ2v) is 6.03. The minimum Gasteiger partial charge on any atom is -0.444 e. The Morgan fingerprint density at radius 1 is 1.22 bits per heavy atom. The number of anilines is 1. The van der Waals surface area contributed by atoms with Crippen LogP contribution in [0.4, 0.5) is 5.13 Å². The molecule has 2 aromatic heterocycles. The summed E-state index contributed by atoms with van der Waals surface area (Å²) in [4.78, 5) is 8.76. The Balaban J connectivity index is 2.00. The van der Waals surface area contributed by atoms with Crippen LogP contribution in [0.3, 0.4) is 0 Å². The van der Waals surface area contributed by atoms with Crippen LogP contribution in [0.2, 0.25) is 0 Å². The molecule has 2 aromatic rings. The van der Waals surface area contributed by atoms with E-state index in [1.165, 1.54) is 11.5 Å². The predicted octanol–water partition coefficient (Wildman–Crippen LogP) is 3.05. The normalized spacial score (nSPS) is 11.8. The van der Waals surface area contributed by atoms with Crippen LogP contribution in [0, 0.1) is 13.8 Å². The van der Waals surface area contributed by atoms with Crippen molar-refractivity contribution in [1.82, 2.24) is 14.3 Å². The Kier molecular flexibility index (Phi) is 3.38. The van der Waals surface area contributed by atoms with E-state index in [-0.39, 0.29) is 5.41 Å². The van der Waals surface area contributed by atoms with Gasteiger partial charge in [-0.1, -0.05) is 20.8 Å². The van der Waals surface area contributed by atoms with Crippen molar-refractivity contribution in [3.8, 4) is 0 Å². The van der Waals surface area contributed by atoms with Gasteiger partial charge in [0, 0.05) is 16.9 Å². The Morgan fingerprint density at radius 3 is 2.44 bits per heavy atom. The first-order valence-electron chi connectivity index (χ1n) is 5.87. The van der Waals surface area contributed by atoms with Gasteiger partial charge in [-0.05, 0) is 13.8 Å². The fourth-order valence-electron chi connectivity index (χ4n) is 1.37. The minimum atomic E-state index is -0.0213. The van der Waals surface area contributed by atoms with E-state index in [4.69, 9.17) is 4.42 Å². The van der Waals surface area contributed by atoms with E-state index in [1.54, 1.807) is 0 Å². The lowest BCUT2D eigenvalue weighted by atomic mass is 9.96. The zero-order valence-electron chi connectivity index (χ0n) is 11.4. The molecule has 0 saturated carbocycles. The molecule has 0 fully saturated rings. The molecule has 0 aliphatic rings. The Labute approximate surface area is 111 Å². The molecule has 0 atom stereocenters. The first-order chi connectivity index (χ1) is 8.36. The maximum atomic E-state index is 5.49. The molecule has 98 valence electrons. The monoisotopic (exact) mass is 266 g/mol. The zero-order valence-corrected chi connectivity index (χ0v) is 12.2. The molecule has 0 bridgehead atoms. The molecule has 0 spiro atoms. The lowest BCUT2D eigenvalue weighted by Crippen LogP contribution is -2.13. The van der Waals surface area contributed by atoms with Gasteiger partial charge in [-0.15, -0.1) is 0 Å². The smallest absolute Gasteiger partial charge is 0.214 e. The minimum absolute atomic E-state index is 0.0213. The molecular formula is C12H18N4OS. The molecule has 0 radical (unpaired) electrons. The first kappa shape index (κ1) is 13.0. The molecule has 0 aromatic carbocycles. The van der Waals surface area contributed by atoms with Crippen LogP contribution < -0.4 is 5.32 Å². The van der Waals surface area contributed by atoms with E-state index in [0.717, 1.165) is 22.4 Å². The standard InChI is InChI=1S/C12H18N4OS/c1-7-8(2)17-9(14-7)6-13-11-15-10(16-18-11)12(3,4)5/h6H2,1-5H3,(H,13,15,16). The van der Waals surface area contributed by atoms with Crippen molar-refractivity contribution in [3.05, 3.63) is 23.2 Å². The van der Waals surface area contributed by atoms with Crippen LogP contribution in [0.15, 0.2) is 4.42 Å². The lowest BCUT2D eigenvalue weighted by Gasteiger charge is -2.12. The van der Waals surface area contributed by atoms with Crippen molar-refractivity contribution in [2.24, 2.45) is 0 Å². The summed E-state index contributed by atoms with van der Waals surface area (Å²) in [7, 11) is 0. The van der Waals surface area contributed by atoms with E-state index >= 15 is 0 Å². The lowest BCUT2D eigenvalue weighted by molar-refractivity contribution is 0.478.